The first-order chi connectivity index (χ1) is 8.65. The molecule has 0 bridgehead atoms. The molecule has 0 saturated heterocycles. The van der Waals surface area contributed by atoms with Crippen LogP contribution in [0.2, 0.25) is 5.02 Å². The number of pyridine rings is 1. The van der Waals surface area contributed by atoms with Gasteiger partial charge in [0.15, 0.2) is 0 Å². The summed E-state index contributed by atoms with van der Waals surface area (Å²) in [6.45, 7) is 2.38. The van der Waals surface area contributed by atoms with E-state index >= 15 is 0 Å². The molecule has 2 amide bonds. The lowest BCUT2D eigenvalue weighted by atomic mass is 10.2. The number of carbonyl (C=O) groups excluding carboxylic acids is 1. The largest absolute Gasteiger partial charge is 0.338 e. The highest BCUT2D eigenvalue weighted by atomic mass is 35.5. The summed E-state index contributed by atoms with van der Waals surface area (Å²) < 4.78 is 0. The summed E-state index contributed by atoms with van der Waals surface area (Å²) in [6, 6.07) is 1.39. The number of nitrogens with one attached hydrogen (secondary N) is 2. The van der Waals surface area contributed by atoms with Gasteiger partial charge in [0.05, 0.1) is 16.4 Å². The van der Waals surface area contributed by atoms with Gasteiger partial charge in [-0.25, -0.2) is 4.79 Å². The van der Waals surface area contributed by atoms with Crippen molar-refractivity contribution in [2.45, 2.75) is 26.2 Å². The smallest absolute Gasteiger partial charge is 0.319 e. The monoisotopic (exact) mass is 265 g/mol. The minimum Gasteiger partial charge on any atom is -0.338 e. The van der Waals surface area contributed by atoms with Crippen LogP contribution >= 0.6 is 11.6 Å². The van der Waals surface area contributed by atoms with Crippen LogP contribution in [0.1, 0.15) is 25.0 Å². The summed E-state index contributed by atoms with van der Waals surface area (Å²) in [6.07, 6.45) is 9.24. The number of rotatable bonds is 5. The maximum atomic E-state index is 11.6. The molecule has 0 radical (unpaired) electrons. The van der Waals surface area contributed by atoms with Crippen molar-refractivity contribution in [1.82, 2.24) is 10.3 Å². The Balaban J connectivity index is 2.36. The third-order valence-electron chi connectivity index (χ3n) is 2.35. The number of hydrogen-bond donors (Lipinski definition) is 2. The van der Waals surface area contributed by atoms with Crippen molar-refractivity contribution in [1.29, 1.82) is 0 Å². The number of carbonyl (C=O) groups is 1. The minimum absolute atomic E-state index is 0.275. The topological polar surface area (TPSA) is 54.0 Å². The lowest BCUT2D eigenvalue weighted by molar-refractivity contribution is 0.252. The molecular weight excluding hydrogens is 250 g/mol. The molecule has 96 valence electrons. The molecule has 0 aliphatic rings. The summed E-state index contributed by atoms with van der Waals surface area (Å²) in [5.74, 6) is 2.56. The van der Waals surface area contributed by atoms with Gasteiger partial charge in [0, 0.05) is 19.2 Å². The van der Waals surface area contributed by atoms with E-state index < -0.39 is 0 Å². The molecule has 1 rings (SSSR count). The van der Waals surface area contributed by atoms with Gasteiger partial charge < -0.3 is 10.6 Å². The predicted molar refractivity (Wildman–Crippen MR) is 73.7 cm³/mol. The number of amides is 2. The minimum atomic E-state index is -0.275. The molecule has 0 spiro atoms. The van der Waals surface area contributed by atoms with E-state index in [1.54, 1.807) is 19.2 Å². The Morgan fingerprint density at radius 3 is 3.06 bits per heavy atom. The van der Waals surface area contributed by atoms with Crippen molar-refractivity contribution in [3.63, 3.8) is 0 Å². The lowest BCUT2D eigenvalue weighted by Crippen LogP contribution is -2.29. The van der Waals surface area contributed by atoms with Crippen molar-refractivity contribution in [2.24, 2.45) is 0 Å². The summed E-state index contributed by atoms with van der Waals surface area (Å²) in [7, 11) is 0. The molecule has 0 aliphatic heterocycles. The average molecular weight is 266 g/mol. The molecule has 5 heteroatoms. The van der Waals surface area contributed by atoms with Gasteiger partial charge in [0.2, 0.25) is 0 Å². The Bertz CT molecular complexity index is 454. The van der Waals surface area contributed by atoms with Gasteiger partial charge in [-0.2, -0.15) is 0 Å². The van der Waals surface area contributed by atoms with Crippen molar-refractivity contribution in [2.75, 3.05) is 11.9 Å². The van der Waals surface area contributed by atoms with Crippen molar-refractivity contribution < 1.29 is 4.79 Å². The SMILES string of the molecule is C#CCCCCNC(=O)Nc1ccnc(C)c1Cl. The quantitative estimate of drug-likeness (QED) is 0.635. The van der Waals surface area contributed by atoms with Gasteiger partial charge in [-0.3, -0.25) is 4.98 Å². The van der Waals surface area contributed by atoms with Gasteiger partial charge in [0.1, 0.15) is 0 Å². The fourth-order valence-electron chi connectivity index (χ4n) is 1.37. The Hall–Kier alpha value is -1.73. The van der Waals surface area contributed by atoms with E-state index in [-0.39, 0.29) is 6.03 Å². The van der Waals surface area contributed by atoms with Crippen LogP contribution < -0.4 is 10.6 Å². The van der Waals surface area contributed by atoms with Crippen molar-refractivity contribution in [3.8, 4) is 12.3 Å². The van der Waals surface area contributed by atoms with E-state index in [0.717, 1.165) is 19.3 Å². The number of anilines is 1. The summed E-state index contributed by atoms with van der Waals surface area (Å²) in [5, 5.41) is 5.88. The molecule has 2 N–H and O–H groups in total. The van der Waals surface area contributed by atoms with Gasteiger partial charge in [0.25, 0.3) is 0 Å². The second-order valence-corrected chi connectivity index (χ2v) is 4.18. The number of halogens is 1. The highest BCUT2D eigenvalue weighted by molar-refractivity contribution is 6.34. The highest BCUT2D eigenvalue weighted by Crippen LogP contribution is 2.22. The molecule has 1 heterocycles. The lowest BCUT2D eigenvalue weighted by Gasteiger charge is -2.09. The molecular formula is C13H16ClN3O. The zero-order valence-electron chi connectivity index (χ0n) is 10.3. The van der Waals surface area contributed by atoms with E-state index in [0.29, 0.717) is 22.9 Å². The molecule has 0 aliphatic carbocycles. The third kappa shape index (κ3) is 4.64. The number of unbranched alkanes of at least 4 members (excludes halogenated alkanes) is 2. The van der Waals surface area contributed by atoms with Crippen LogP contribution in [0.3, 0.4) is 0 Å². The van der Waals surface area contributed by atoms with Crippen LogP contribution in [0.25, 0.3) is 0 Å². The number of aromatic nitrogens is 1. The number of terminal acetylenes is 1. The molecule has 4 nitrogen and oxygen atoms in total. The first kappa shape index (κ1) is 14.3. The summed E-state index contributed by atoms with van der Waals surface area (Å²) >= 11 is 6.01. The number of aryl methyl sites for hydroxylation is 1. The first-order valence-electron chi connectivity index (χ1n) is 5.74. The molecule has 0 saturated carbocycles. The second-order valence-electron chi connectivity index (χ2n) is 3.80. The normalized spacial score (nSPS) is 9.61. The van der Waals surface area contributed by atoms with Crippen LogP contribution in [0.5, 0.6) is 0 Å². The fourth-order valence-corrected chi connectivity index (χ4v) is 1.52. The van der Waals surface area contributed by atoms with Crippen LogP contribution in [-0.2, 0) is 0 Å². The van der Waals surface area contributed by atoms with E-state index in [4.69, 9.17) is 18.0 Å². The van der Waals surface area contributed by atoms with Crippen LogP contribution in [-0.4, -0.2) is 17.6 Å². The van der Waals surface area contributed by atoms with E-state index in [2.05, 4.69) is 21.5 Å². The molecule has 0 fully saturated rings. The van der Waals surface area contributed by atoms with Crippen LogP contribution in [0.4, 0.5) is 10.5 Å². The molecule has 1 aromatic rings. The van der Waals surface area contributed by atoms with Gasteiger partial charge in [-0.1, -0.05) is 11.6 Å². The molecule has 1 aromatic heterocycles. The van der Waals surface area contributed by atoms with Gasteiger partial charge in [-0.15, -0.1) is 12.3 Å². The maximum absolute atomic E-state index is 11.6. The van der Waals surface area contributed by atoms with Crippen molar-refractivity contribution >= 4 is 23.3 Å². The average Bonchev–Trinajstić information content (AvgIpc) is 2.35. The van der Waals surface area contributed by atoms with E-state index in [1.807, 2.05) is 0 Å². The first-order valence-corrected chi connectivity index (χ1v) is 6.12. The Labute approximate surface area is 112 Å². The van der Waals surface area contributed by atoms with Gasteiger partial charge >= 0.3 is 6.03 Å². The van der Waals surface area contributed by atoms with Crippen molar-refractivity contribution in [3.05, 3.63) is 23.0 Å². The van der Waals surface area contributed by atoms with Gasteiger partial charge in [-0.05, 0) is 25.8 Å². The molecule has 0 unspecified atom stereocenters. The molecule has 0 atom stereocenters. The molecule has 18 heavy (non-hydrogen) atoms. The highest BCUT2D eigenvalue weighted by Gasteiger charge is 2.06. The van der Waals surface area contributed by atoms with Crippen LogP contribution in [0, 0.1) is 19.3 Å². The summed E-state index contributed by atoms with van der Waals surface area (Å²) in [5.41, 5.74) is 1.24. The Morgan fingerprint density at radius 1 is 1.56 bits per heavy atom. The number of hydrogen-bond acceptors (Lipinski definition) is 2. The maximum Gasteiger partial charge on any atom is 0.319 e. The second kappa shape index (κ2) is 7.57. The van der Waals surface area contributed by atoms with E-state index in [9.17, 15) is 4.79 Å². The zero-order chi connectivity index (χ0) is 13.4. The Morgan fingerprint density at radius 2 is 2.33 bits per heavy atom. The summed E-state index contributed by atoms with van der Waals surface area (Å²) in [4.78, 5) is 15.6. The third-order valence-corrected chi connectivity index (χ3v) is 2.82. The van der Waals surface area contributed by atoms with E-state index in [1.165, 1.54) is 0 Å². The predicted octanol–water partition coefficient (Wildman–Crippen LogP) is 2.97. The number of urea groups is 1. The standard InChI is InChI=1S/C13H16ClN3O/c1-3-4-5-6-8-16-13(18)17-11-7-9-15-10(2)12(11)14/h1,7,9H,4-6,8H2,2H3,(H2,15,16,17,18). The Kier molecular flexibility index (Phi) is 6.03. The zero-order valence-corrected chi connectivity index (χ0v) is 11.0. The molecule has 0 aromatic carbocycles. The fraction of sp³-hybridized carbons (Fsp3) is 0.385. The number of nitrogens with zero attached hydrogens (tertiary/aromatic N) is 1. The van der Waals surface area contributed by atoms with Crippen LogP contribution in [0.15, 0.2) is 12.3 Å².